The molecular formula is C20H25F3N4O3S. The van der Waals surface area contributed by atoms with Crippen molar-refractivity contribution in [2.45, 2.75) is 43.4 Å². The van der Waals surface area contributed by atoms with E-state index in [1.54, 1.807) is 6.20 Å². The van der Waals surface area contributed by atoms with Gasteiger partial charge in [0.1, 0.15) is 13.2 Å². The highest BCUT2D eigenvalue weighted by Crippen LogP contribution is 2.49. The largest absolute Gasteiger partial charge is 0.478 e. The van der Waals surface area contributed by atoms with Crippen molar-refractivity contribution in [3.63, 3.8) is 0 Å². The highest BCUT2D eigenvalue weighted by atomic mass is 32.1. The van der Waals surface area contributed by atoms with Crippen molar-refractivity contribution >= 4 is 18.6 Å². The van der Waals surface area contributed by atoms with Crippen molar-refractivity contribution < 1.29 is 27.2 Å². The second-order valence-corrected chi connectivity index (χ2v) is 8.59. The molecular weight excluding hydrogens is 433 g/mol. The molecule has 0 radical (unpaired) electrons. The Morgan fingerprint density at radius 1 is 1.23 bits per heavy atom. The van der Waals surface area contributed by atoms with Crippen molar-refractivity contribution in [2.75, 3.05) is 31.2 Å². The number of halogens is 3. The van der Waals surface area contributed by atoms with Gasteiger partial charge in [0.15, 0.2) is 5.82 Å². The van der Waals surface area contributed by atoms with Gasteiger partial charge < -0.3 is 18.9 Å². The van der Waals surface area contributed by atoms with Crippen LogP contribution in [0.5, 0.6) is 5.88 Å². The zero-order valence-electron chi connectivity index (χ0n) is 16.9. The summed E-state index contributed by atoms with van der Waals surface area (Å²) in [4.78, 5) is 11.2. The van der Waals surface area contributed by atoms with Gasteiger partial charge in [-0.1, -0.05) is 5.16 Å². The molecule has 1 saturated carbocycles. The van der Waals surface area contributed by atoms with Crippen LogP contribution in [0.15, 0.2) is 27.7 Å². The summed E-state index contributed by atoms with van der Waals surface area (Å²) in [6, 6.07) is 4.04. The fraction of sp³-hybridized carbons (Fsp3) is 0.650. The van der Waals surface area contributed by atoms with Gasteiger partial charge in [0, 0.05) is 30.2 Å². The molecule has 0 bridgehead atoms. The smallest absolute Gasteiger partial charge is 0.411 e. The Kier molecular flexibility index (Phi) is 6.90. The van der Waals surface area contributed by atoms with Crippen LogP contribution in [0.2, 0.25) is 0 Å². The Bertz CT molecular complexity index is 841. The maximum absolute atomic E-state index is 12.1. The van der Waals surface area contributed by atoms with Crippen molar-refractivity contribution in [3.05, 3.63) is 24.2 Å². The van der Waals surface area contributed by atoms with E-state index in [2.05, 4.69) is 32.5 Å². The third kappa shape index (κ3) is 6.49. The van der Waals surface area contributed by atoms with Crippen LogP contribution < -0.4 is 9.64 Å². The van der Waals surface area contributed by atoms with Crippen molar-refractivity contribution in [1.29, 1.82) is 0 Å². The Labute approximate surface area is 183 Å². The molecule has 2 aliphatic rings. The lowest BCUT2D eigenvalue weighted by atomic mass is 9.91. The summed E-state index contributed by atoms with van der Waals surface area (Å²) >= 11 is 4.21. The Morgan fingerprint density at radius 2 is 2.03 bits per heavy atom. The average Bonchev–Trinajstić information content (AvgIpc) is 3.35. The van der Waals surface area contributed by atoms with Gasteiger partial charge in [-0.25, -0.2) is 4.98 Å². The number of nitrogens with zero attached hydrogens (tertiary/aromatic N) is 4. The summed E-state index contributed by atoms with van der Waals surface area (Å²) in [5, 5.41) is 3.71. The number of pyridine rings is 1. The molecule has 7 nitrogen and oxygen atoms in total. The van der Waals surface area contributed by atoms with Crippen LogP contribution in [0.25, 0.3) is 0 Å². The molecule has 1 aliphatic heterocycles. The lowest BCUT2D eigenvalue weighted by molar-refractivity contribution is -0.177. The molecule has 4 rings (SSSR count). The van der Waals surface area contributed by atoms with E-state index in [9.17, 15) is 13.2 Å². The van der Waals surface area contributed by atoms with E-state index < -0.39 is 12.8 Å². The SMILES string of the molecule is FC(F)(F)COCc1noc(N2CCC(C3CC3CCOc3ccc(S)cn3)CC2)n1. The number of rotatable bonds is 9. The summed E-state index contributed by atoms with van der Waals surface area (Å²) in [5.41, 5.74) is 0. The molecule has 1 saturated heterocycles. The van der Waals surface area contributed by atoms with Gasteiger partial charge in [-0.15, -0.1) is 12.6 Å². The van der Waals surface area contributed by atoms with E-state index in [4.69, 9.17) is 9.26 Å². The Morgan fingerprint density at radius 3 is 2.74 bits per heavy atom. The third-order valence-electron chi connectivity index (χ3n) is 5.81. The molecule has 2 unspecified atom stereocenters. The zero-order valence-corrected chi connectivity index (χ0v) is 17.8. The maximum atomic E-state index is 12.1. The highest BCUT2D eigenvalue weighted by Gasteiger charge is 2.43. The first kappa shape index (κ1) is 22.2. The van der Waals surface area contributed by atoms with Crippen LogP contribution in [0.3, 0.4) is 0 Å². The topological polar surface area (TPSA) is 73.5 Å². The highest BCUT2D eigenvalue weighted by molar-refractivity contribution is 7.80. The first-order valence-corrected chi connectivity index (χ1v) is 10.8. The van der Waals surface area contributed by atoms with Crippen LogP contribution in [0, 0.1) is 17.8 Å². The molecule has 0 aromatic carbocycles. The van der Waals surface area contributed by atoms with Crippen LogP contribution >= 0.6 is 12.6 Å². The summed E-state index contributed by atoms with van der Waals surface area (Å²) in [7, 11) is 0. The predicted molar refractivity (Wildman–Crippen MR) is 108 cm³/mol. The van der Waals surface area contributed by atoms with Gasteiger partial charge in [-0.3, -0.25) is 0 Å². The minimum absolute atomic E-state index is 0.127. The van der Waals surface area contributed by atoms with Gasteiger partial charge in [0.05, 0.1) is 6.61 Å². The molecule has 2 atom stereocenters. The normalized spacial score (nSPS) is 22.0. The number of alkyl halides is 3. The average molecular weight is 459 g/mol. The van der Waals surface area contributed by atoms with Gasteiger partial charge in [0.2, 0.25) is 5.88 Å². The molecule has 2 fully saturated rings. The number of piperidine rings is 1. The number of aromatic nitrogens is 3. The van der Waals surface area contributed by atoms with E-state index in [1.807, 2.05) is 17.0 Å². The molecule has 2 aromatic rings. The number of hydrogen-bond acceptors (Lipinski definition) is 8. The minimum atomic E-state index is -4.37. The van der Waals surface area contributed by atoms with Crippen LogP contribution in [-0.2, 0) is 11.3 Å². The van der Waals surface area contributed by atoms with Gasteiger partial charge in [-0.05, 0) is 49.5 Å². The van der Waals surface area contributed by atoms with Crippen LogP contribution in [0.4, 0.5) is 19.2 Å². The van der Waals surface area contributed by atoms with Crippen molar-refractivity contribution in [2.24, 2.45) is 17.8 Å². The van der Waals surface area contributed by atoms with Gasteiger partial charge in [0.25, 0.3) is 0 Å². The number of hydrogen-bond donors (Lipinski definition) is 1. The lowest BCUT2D eigenvalue weighted by Gasteiger charge is -2.30. The lowest BCUT2D eigenvalue weighted by Crippen LogP contribution is -2.34. The predicted octanol–water partition coefficient (Wildman–Crippen LogP) is 4.15. The standard InChI is InChI=1S/C20H25F3N4O3S/c21-20(22,23)12-28-11-17-25-19(30-26-17)27-6-3-13(4-7-27)16-9-14(16)5-8-29-18-2-1-15(31)10-24-18/h1-2,10,13-14,16,31H,3-9,11-12H2. The summed E-state index contributed by atoms with van der Waals surface area (Å²) < 4.78 is 51.9. The van der Waals surface area contributed by atoms with Gasteiger partial charge in [-0.2, -0.15) is 18.2 Å². The first-order chi connectivity index (χ1) is 14.9. The second kappa shape index (κ2) is 9.64. The number of thiol groups is 1. The summed E-state index contributed by atoms with van der Waals surface area (Å²) in [6.07, 6.45) is 1.65. The quantitative estimate of drug-likeness (QED) is 0.566. The monoisotopic (exact) mass is 458 g/mol. The maximum Gasteiger partial charge on any atom is 0.411 e. The van der Waals surface area contributed by atoms with Crippen molar-refractivity contribution in [3.8, 4) is 5.88 Å². The molecule has 0 spiro atoms. The molecule has 0 amide bonds. The second-order valence-electron chi connectivity index (χ2n) is 8.08. The molecule has 2 aromatic heterocycles. The van der Waals surface area contributed by atoms with E-state index in [0.29, 0.717) is 30.3 Å². The first-order valence-electron chi connectivity index (χ1n) is 10.4. The van der Waals surface area contributed by atoms with E-state index in [1.165, 1.54) is 6.42 Å². The van der Waals surface area contributed by atoms with E-state index in [0.717, 1.165) is 43.2 Å². The molecule has 31 heavy (non-hydrogen) atoms. The van der Waals surface area contributed by atoms with Crippen LogP contribution in [-0.4, -0.2) is 47.6 Å². The van der Waals surface area contributed by atoms with Crippen LogP contribution in [0.1, 0.15) is 31.5 Å². The molecule has 170 valence electrons. The van der Waals surface area contributed by atoms with Crippen molar-refractivity contribution in [1.82, 2.24) is 15.1 Å². The fourth-order valence-corrected chi connectivity index (χ4v) is 4.29. The molecule has 3 heterocycles. The molecule has 1 aliphatic carbocycles. The fourth-order valence-electron chi connectivity index (χ4n) is 4.16. The van der Waals surface area contributed by atoms with Gasteiger partial charge >= 0.3 is 12.2 Å². The molecule has 0 N–H and O–H groups in total. The Hall–Kier alpha value is -2.01. The number of ether oxygens (including phenoxy) is 2. The zero-order chi connectivity index (χ0) is 21.8. The van der Waals surface area contributed by atoms with E-state index >= 15 is 0 Å². The minimum Gasteiger partial charge on any atom is -0.478 e. The summed E-state index contributed by atoms with van der Waals surface area (Å²) in [5.74, 6) is 2.85. The molecule has 11 heteroatoms. The Balaban J connectivity index is 1.14. The third-order valence-corrected chi connectivity index (χ3v) is 6.07. The van der Waals surface area contributed by atoms with E-state index in [-0.39, 0.29) is 12.4 Å². The number of anilines is 1. The summed E-state index contributed by atoms with van der Waals surface area (Å²) in [6.45, 7) is 0.624.